The van der Waals surface area contributed by atoms with E-state index in [1.807, 2.05) is 14.1 Å². The number of carbonyl (C=O) groups excluding carboxylic acids is 2. The van der Waals surface area contributed by atoms with Crippen molar-refractivity contribution in [3.8, 4) is 0 Å². The van der Waals surface area contributed by atoms with E-state index < -0.39 is 11.9 Å². The van der Waals surface area contributed by atoms with E-state index in [0.717, 1.165) is 70.8 Å². The van der Waals surface area contributed by atoms with Crippen molar-refractivity contribution in [1.29, 1.82) is 0 Å². The molecule has 0 saturated carbocycles. The summed E-state index contributed by atoms with van der Waals surface area (Å²) in [4.78, 5) is 28.8. The SMILES string of the molecule is CCCCC/C=C\C/C=C\CCCCCCCC(=O)C1OCCC(CCN(C)C)(C(=O)CCCCCCC/C=C\C/C=C\CCCCC)O1. The fourth-order valence-corrected chi connectivity index (χ4v) is 6.27. The van der Waals surface area contributed by atoms with Gasteiger partial charge in [-0.3, -0.25) is 9.59 Å². The lowest BCUT2D eigenvalue weighted by atomic mass is 9.86. The van der Waals surface area contributed by atoms with Crippen molar-refractivity contribution in [2.45, 2.75) is 193 Å². The summed E-state index contributed by atoms with van der Waals surface area (Å²) in [5.74, 6) is 0.141. The van der Waals surface area contributed by atoms with Crippen molar-refractivity contribution in [2.24, 2.45) is 0 Å². The minimum atomic E-state index is -0.907. The normalized spacial score (nSPS) is 18.7. The molecule has 5 heteroatoms. The van der Waals surface area contributed by atoms with Gasteiger partial charge in [0.2, 0.25) is 6.29 Å². The minimum Gasteiger partial charge on any atom is -0.346 e. The first-order valence-electron chi connectivity index (χ1n) is 20.5. The first-order valence-corrected chi connectivity index (χ1v) is 20.5. The van der Waals surface area contributed by atoms with E-state index in [2.05, 4.69) is 67.4 Å². The maximum absolute atomic E-state index is 13.6. The Morgan fingerprint density at radius 3 is 1.55 bits per heavy atom. The largest absolute Gasteiger partial charge is 0.346 e. The maximum Gasteiger partial charge on any atom is 0.218 e. The van der Waals surface area contributed by atoms with Gasteiger partial charge in [0.15, 0.2) is 11.6 Å². The lowest BCUT2D eigenvalue weighted by Gasteiger charge is -2.40. The Morgan fingerprint density at radius 2 is 1.06 bits per heavy atom. The molecule has 1 heterocycles. The summed E-state index contributed by atoms with van der Waals surface area (Å²) in [5, 5.41) is 0. The number of ketones is 2. The molecule has 0 radical (unpaired) electrons. The number of nitrogens with zero attached hydrogens (tertiary/aromatic N) is 1. The molecule has 1 saturated heterocycles. The molecule has 1 aliphatic rings. The molecule has 0 spiro atoms. The Hall–Kier alpha value is -1.82. The van der Waals surface area contributed by atoms with E-state index >= 15 is 0 Å². The van der Waals surface area contributed by atoms with Crippen LogP contribution in [0.15, 0.2) is 48.6 Å². The smallest absolute Gasteiger partial charge is 0.218 e. The predicted octanol–water partition coefficient (Wildman–Crippen LogP) is 12.2. The average molecular weight is 684 g/mol. The second kappa shape index (κ2) is 32.1. The third-order valence-electron chi connectivity index (χ3n) is 9.57. The van der Waals surface area contributed by atoms with Gasteiger partial charge in [-0.1, -0.05) is 127 Å². The molecule has 0 N–H and O–H groups in total. The Morgan fingerprint density at radius 1 is 0.612 bits per heavy atom. The van der Waals surface area contributed by atoms with Gasteiger partial charge in [0.25, 0.3) is 0 Å². The van der Waals surface area contributed by atoms with Gasteiger partial charge >= 0.3 is 0 Å². The van der Waals surface area contributed by atoms with Crippen molar-refractivity contribution in [3.63, 3.8) is 0 Å². The standard InChI is InChI=1S/C44H77NO4/c1-5-7-9-11-13-15-17-19-21-23-25-27-29-31-33-35-41(46)43-48-40-38-44(49-43,37-39-45(3)4)42(47)36-34-32-30-28-26-24-22-20-18-16-14-12-10-8-6-2/h13-16,19-22,43H,5-12,17-18,23-40H2,1-4H3/b15-13-,16-14-,21-19-,22-20-. The van der Waals surface area contributed by atoms with Crippen LogP contribution >= 0.6 is 0 Å². The monoisotopic (exact) mass is 684 g/mol. The second-order valence-corrected chi connectivity index (χ2v) is 14.5. The molecule has 1 rings (SSSR count). The summed E-state index contributed by atoms with van der Waals surface area (Å²) >= 11 is 0. The number of carbonyl (C=O) groups is 2. The van der Waals surface area contributed by atoms with Crippen LogP contribution in [0.1, 0.15) is 181 Å². The number of rotatable bonds is 33. The molecule has 2 atom stereocenters. The van der Waals surface area contributed by atoms with Crippen molar-refractivity contribution in [2.75, 3.05) is 27.2 Å². The van der Waals surface area contributed by atoms with Crippen LogP contribution in [-0.4, -0.2) is 55.6 Å². The Balaban J connectivity index is 2.29. The van der Waals surface area contributed by atoms with Crippen molar-refractivity contribution in [1.82, 2.24) is 4.90 Å². The predicted molar refractivity (Wildman–Crippen MR) is 210 cm³/mol. The van der Waals surface area contributed by atoms with Crippen molar-refractivity contribution < 1.29 is 19.1 Å². The van der Waals surface area contributed by atoms with E-state index in [1.54, 1.807) is 0 Å². The molecule has 1 fully saturated rings. The van der Waals surface area contributed by atoms with Crippen molar-refractivity contribution >= 4 is 11.6 Å². The highest BCUT2D eigenvalue weighted by atomic mass is 16.7. The van der Waals surface area contributed by atoms with Gasteiger partial charge in [0, 0.05) is 25.8 Å². The molecule has 49 heavy (non-hydrogen) atoms. The number of hydrogen-bond acceptors (Lipinski definition) is 5. The van der Waals surface area contributed by atoms with Crippen molar-refractivity contribution in [3.05, 3.63) is 48.6 Å². The quantitative estimate of drug-likeness (QED) is 0.0509. The summed E-state index contributed by atoms with van der Waals surface area (Å²) in [6, 6.07) is 0. The van der Waals surface area contributed by atoms with E-state index in [1.165, 1.54) is 77.0 Å². The van der Waals surface area contributed by atoms with Gasteiger partial charge < -0.3 is 14.4 Å². The number of hydrogen-bond donors (Lipinski definition) is 0. The number of allylic oxidation sites excluding steroid dienone is 8. The van der Waals surface area contributed by atoms with Crippen LogP contribution in [0.25, 0.3) is 0 Å². The number of Topliss-reactive ketones (excluding diaryl/α,β-unsaturated/α-hetero) is 2. The Labute approximate surface area is 303 Å². The molecule has 2 unspecified atom stereocenters. The van der Waals surface area contributed by atoms with E-state index in [9.17, 15) is 9.59 Å². The highest BCUT2D eigenvalue weighted by Crippen LogP contribution is 2.32. The van der Waals surface area contributed by atoms with Gasteiger partial charge in [0.05, 0.1) is 6.61 Å². The third kappa shape index (κ3) is 24.9. The first-order chi connectivity index (χ1) is 23.9. The van der Waals surface area contributed by atoms with Gasteiger partial charge in [-0.15, -0.1) is 0 Å². The maximum atomic E-state index is 13.6. The molecule has 0 aromatic heterocycles. The molecule has 5 nitrogen and oxygen atoms in total. The fraction of sp³-hybridized carbons (Fsp3) is 0.773. The lowest BCUT2D eigenvalue weighted by Crippen LogP contribution is -2.53. The van der Waals surface area contributed by atoms with Gasteiger partial charge in [-0.2, -0.15) is 0 Å². The molecule has 0 aliphatic carbocycles. The topological polar surface area (TPSA) is 55.8 Å². The van der Waals surface area contributed by atoms with Crippen LogP contribution in [0.4, 0.5) is 0 Å². The highest BCUT2D eigenvalue weighted by molar-refractivity contribution is 5.88. The van der Waals surface area contributed by atoms with Crippen LogP contribution in [0, 0.1) is 0 Å². The van der Waals surface area contributed by atoms with E-state index in [-0.39, 0.29) is 11.6 Å². The lowest BCUT2D eigenvalue weighted by molar-refractivity contribution is -0.244. The third-order valence-corrected chi connectivity index (χ3v) is 9.57. The first kappa shape index (κ1) is 45.2. The van der Waals surface area contributed by atoms with Gasteiger partial charge in [-0.25, -0.2) is 0 Å². The fourth-order valence-electron chi connectivity index (χ4n) is 6.27. The number of unbranched alkanes of at least 4 members (excludes halogenated alkanes) is 16. The van der Waals surface area contributed by atoms with Crippen LogP contribution in [-0.2, 0) is 19.1 Å². The van der Waals surface area contributed by atoms with E-state index in [0.29, 0.717) is 32.3 Å². The van der Waals surface area contributed by atoms with Gasteiger partial charge in [0.1, 0.15) is 5.60 Å². The second-order valence-electron chi connectivity index (χ2n) is 14.5. The van der Waals surface area contributed by atoms with Gasteiger partial charge in [-0.05, 0) is 97.6 Å². The molecule has 0 bridgehead atoms. The summed E-state index contributed by atoms with van der Waals surface area (Å²) in [5.41, 5.74) is -0.906. The highest BCUT2D eigenvalue weighted by Gasteiger charge is 2.45. The molecular formula is C44H77NO4. The van der Waals surface area contributed by atoms with Crippen LogP contribution < -0.4 is 0 Å². The zero-order chi connectivity index (χ0) is 35.7. The molecule has 1 aliphatic heterocycles. The number of ether oxygens (including phenoxy) is 2. The summed E-state index contributed by atoms with van der Waals surface area (Å²) in [7, 11) is 4.04. The summed E-state index contributed by atoms with van der Waals surface area (Å²) in [6.45, 7) is 5.64. The van der Waals surface area contributed by atoms with Crippen LogP contribution in [0.3, 0.4) is 0 Å². The van der Waals surface area contributed by atoms with E-state index in [4.69, 9.17) is 9.47 Å². The Kier molecular flexibility index (Phi) is 29.6. The summed E-state index contributed by atoms with van der Waals surface area (Å²) in [6.07, 6.45) is 45.1. The molecule has 0 aromatic rings. The Bertz CT molecular complexity index is 920. The molecule has 0 aromatic carbocycles. The minimum absolute atomic E-state index is 0.00976. The summed E-state index contributed by atoms with van der Waals surface area (Å²) < 4.78 is 12.1. The average Bonchev–Trinajstić information content (AvgIpc) is 3.10. The van der Waals surface area contributed by atoms with Crippen LogP contribution in [0.2, 0.25) is 0 Å². The molecular weight excluding hydrogens is 606 g/mol. The molecule has 0 amide bonds. The molecule has 282 valence electrons. The zero-order valence-corrected chi connectivity index (χ0v) is 32.6. The van der Waals surface area contributed by atoms with Crippen LogP contribution in [0.5, 0.6) is 0 Å². The zero-order valence-electron chi connectivity index (χ0n) is 32.6.